The van der Waals surface area contributed by atoms with Gasteiger partial charge >= 0.3 is 0 Å². The summed E-state index contributed by atoms with van der Waals surface area (Å²) in [6.45, 7) is 4.54. The number of carbonyl (C=O) groups excluding carboxylic acids is 3. The van der Waals surface area contributed by atoms with Crippen LogP contribution >= 0.6 is 0 Å². The zero-order valence-corrected chi connectivity index (χ0v) is 16.7. The van der Waals surface area contributed by atoms with E-state index < -0.39 is 5.66 Å². The van der Waals surface area contributed by atoms with Crippen molar-refractivity contribution in [2.24, 2.45) is 0 Å². The lowest BCUT2D eigenvalue weighted by Crippen LogP contribution is -2.62. The second-order valence-corrected chi connectivity index (χ2v) is 7.68. The number of aromatic nitrogens is 2. The number of nitrogens with zero attached hydrogens (tertiary/aromatic N) is 3. The highest BCUT2D eigenvalue weighted by atomic mass is 16.2. The van der Waals surface area contributed by atoms with Crippen LogP contribution in [0.3, 0.4) is 0 Å². The van der Waals surface area contributed by atoms with Gasteiger partial charge < -0.3 is 10.2 Å². The van der Waals surface area contributed by atoms with E-state index in [-0.39, 0.29) is 30.7 Å². The van der Waals surface area contributed by atoms with Gasteiger partial charge in [-0.1, -0.05) is 19.1 Å². The molecule has 1 fully saturated rings. The quantitative estimate of drug-likeness (QED) is 0.781. The zero-order chi connectivity index (χ0) is 20.6. The number of amides is 3. The largest absolute Gasteiger partial charge is 0.350 e. The number of carbonyl (C=O) groups is 3. The summed E-state index contributed by atoms with van der Waals surface area (Å²) < 4.78 is 0. The fraction of sp³-hybridized carbons (Fsp3) is 0.429. The topological polar surface area (TPSA) is 98.4 Å². The van der Waals surface area contributed by atoms with Gasteiger partial charge in [-0.2, -0.15) is 5.10 Å². The number of fused-ring (bicyclic) bond motifs is 3. The number of rotatable bonds is 6. The van der Waals surface area contributed by atoms with Gasteiger partial charge in [0.2, 0.25) is 11.8 Å². The number of aryl methyl sites for hydroxylation is 1. The van der Waals surface area contributed by atoms with E-state index in [2.05, 4.69) is 15.5 Å². The lowest BCUT2D eigenvalue weighted by molar-refractivity contribution is -0.121. The number of benzene rings is 1. The molecule has 8 heteroatoms. The first kappa shape index (κ1) is 19.2. The lowest BCUT2D eigenvalue weighted by atomic mass is 9.98. The molecule has 0 spiro atoms. The zero-order valence-electron chi connectivity index (χ0n) is 16.7. The van der Waals surface area contributed by atoms with Crippen LogP contribution in [0, 0.1) is 0 Å². The van der Waals surface area contributed by atoms with Crippen LogP contribution in [0.5, 0.6) is 0 Å². The average Bonchev–Trinajstić information content (AvgIpc) is 3.30. The van der Waals surface area contributed by atoms with Crippen molar-refractivity contribution >= 4 is 23.4 Å². The van der Waals surface area contributed by atoms with E-state index in [9.17, 15) is 14.4 Å². The molecule has 0 bridgehead atoms. The molecule has 3 heterocycles. The van der Waals surface area contributed by atoms with Crippen LogP contribution in [0.25, 0.3) is 0 Å². The molecule has 0 radical (unpaired) electrons. The summed E-state index contributed by atoms with van der Waals surface area (Å²) in [6, 6.07) is 9.10. The van der Waals surface area contributed by atoms with Gasteiger partial charge in [-0.15, -0.1) is 0 Å². The molecule has 3 amide bonds. The molecule has 29 heavy (non-hydrogen) atoms. The van der Waals surface area contributed by atoms with Crippen LogP contribution in [-0.4, -0.2) is 45.0 Å². The van der Waals surface area contributed by atoms with Gasteiger partial charge in [0.1, 0.15) is 5.66 Å². The number of anilines is 1. The molecule has 1 saturated heterocycles. The van der Waals surface area contributed by atoms with Crippen LogP contribution in [0.15, 0.2) is 30.3 Å². The molecule has 1 atom stereocenters. The van der Waals surface area contributed by atoms with Crippen molar-refractivity contribution in [3.05, 3.63) is 47.3 Å². The van der Waals surface area contributed by atoms with Crippen molar-refractivity contribution in [1.82, 2.24) is 20.4 Å². The van der Waals surface area contributed by atoms with Crippen LogP contribution in [0.1, 0.15) is 54.9 Å². The highest BCUT2D eigenvalue weighted by molar-refractivity contribution is 6.10. The molecule has 152 valence electrons. The van der Waals surface area contributed by atoms with Gasteiger partial charge in [-0.05, 0) is 38.0 Å². The first-order valence-electron chi connectivity index (χ1n) is 9.98. The summed E-state index contributed by atoms with van der Waals surface area (Å²) in [4.78, 5) is 41.5. The van der Waals surface area contributed by atoms with E-state index in [1.165, 1.54) is 0 Å². The normalized spacial score (nSPS) is 20.6. The lowest BCUT2D eigenvalue weighted by Gasteiger charge is -2.48. The van der Waals surface area contributed by atoms with Crippen molar-refractivity contribution < 1.29 is 14.4 Å². The number of hydrogen-bond donors (Lipinski definition) is 2. The summed E-state index contributed by atoms with van der Waals surface area (Å²) in [5.41, 5.74) is 2.23. The molecule has 4 rings (SSSR count). The third-order valence-corrected chi connectivity index (χ3v) is 5.83. The highest BCUT2D eigenvalue weighted by Gasteiger charge is 2.52. The molecular weight excluding hydrogens is 370 g/mol. The van der Waals surface area contributed by atoms with E-state index in [0.29, 0.717) is 30.6 Å². The average molecular weight is 395 g/mol. The monoisotopic (exact) mass is 395 g/mol. The van der Waals surface area contributed by atoms with Gasteiger partial charge in [0.15, 0.2) is 0 Å². The van der Waals surface area contributed by atoms with Crippen molar-refractivity contribution in [3.63, 3.8) is 0 Å². The first-order chi connectivity index (χ1) is 13.9. The number of aromatic amines is 1. The van der Waals surface area contributed by atoms with E-state index in [1.54, 1.807) is 21.9 Å². The summed E-state index contributed by atoms with van der Waals surface area (Å²) in [5, 5.41) is 9.91. The third-order valence-electron chi connectivity index (χ3n) is 5.83. The minimum atomic E-state index is -0.734. The summed E-state index contributed by atoms with van der Waals surface area (Å²) in [6.07, 6.45) is 1.94. The van der Waals surface area contributed by atoms with Crippen molar-refractivity contribution in [1.29, 1.82) is 0 Å². The summed E-state index contributed by atoms with van der Waals surface area (Å²) >= 11 is 0. The molecule has 1 aromatic carbocycles. The van der Waals surface area contributed by atoms with Crippen LogP contribution in [0.4, 0.5) is 5.69 Å². The van der Waals surface area contributed by atoms with Gasteiger partial charge in [-0.3, -0.25) is 24.4 Å². The van der Waals surface area contributed by atoms with Gasteiger partial charge in [0, 0.05) is 19.4 Å². The fourth-order valence-electron chi connectivity index (χ4n) is 4.22. The molecule has 2 aromatic rings. The third kappa shape index (κ3) is 3.28. The molecule has 2 aliphatic rings. The molecule has 0 saturated carbocycles. The number of H-pyrrole nitrogens is 1. The molecular formula is C21H25N5O3. The maximum Gasteiger partial charge on any atom is 0.257 e. The minimum Gasteiger partial charge on any atom is -0.350 e. The Balaban J connectivity index is 1.46. The Labute approximate surface area is 169 Å². The number of hydrogen-bond acceptors (Lipinski definition) is 4. The van der Waals surface area contributed by atoms with Crippen molar-refractivity contribution in [3.8, 4) is 0 Å². The van der Waals surface area contributed by atoms with E-state index in [1.807, 2.05) is 32.0 Å². The second kappa shape index (κ2) is 7.35. The predicted molar refractivity (Wildman–Crippen MR) is 107 cm³/mol. The molecule has 8 nitrogen and oxygen atoms in total. The van der Waals surface area contributed by atoms with Crippen LogP contribution < -0.4 is 10.2 Å². The SMILES string of the molecule is CCc1cc(CNC(=O)CCN2C(=O)c3ccccc3N3C(=O)CCC23C)[nH]n1. The Morgan fingerprint density at radius 3 is 2.86 bits per heavy atom. The first-order valence-corrected chi connectivity index (χ1v) is 9.98. The number of para-hydroxylation sites is 1. The predicted octanol–water partition coefficient (Wildman–Crippen LogP) is 1.98. The molecule has 1 unspecified atom stereocenters. The van der Waals surface area contributed by atoms with Gasteiger partial charge in [0.05, 0.1) is 29.2 Å². The summed E-state index contributed by atoms with van der Waals surface area (Å²) in [5.74, 6) is -0.278. The van der Waals surface area contributed by atoms with E-state index in [0.717, 1.165) is 17.8 Å². The molecule has 0 aliphatic carbocycles. The second-order valence-electron chi connectivity index (χ2n) is 7.68. The Morgan fingerprint density at radius 2 is 2.10 bits per heavy atom. The minimum absolute atomic E-state index is 0.00729. The molecule has 2 N–H and O–H groups in total. The van der Waals surface area contributed by atoms with E-state index in [4.69, 9.17) is 0 Å². The van der Waals surface area contributed by atoms with Crippen LogP contribution in [0.2, 0.25) is 0 Å². The Kier molecular flexibility index (Phi) is 4.86. The fourth-order valence-corrected chi connectivity index (χ4v) is 4.22. The Morgan fingerprint density at radius 1 is 1.31 bits per heavy atom. The summed E-state index contributed by atoms with van der Waals surface area (Å²) in [7, 11) is 0. The van der Waals surface area contributed by atoms with Crippen molar-refractivity contribution in [2.75, 3.05) is 11.4 Å². The van der Waals surface area contributed by atoms with E-state index >= 15 is 0 Å². The van der Waals surface area contributed by atoms with Crippen molar-refractivity contribution in [2.45, 2.75) is 51.7 Å². The maximum absolute atomic E-state index is 13.1. The van der Waals surface area contributed by atoms with Crippen LogP contribution in [-0.2, 0) is 22.6 Å². The molecule has 1 aromatic heterocycles. The Hall–Kier alpha value is -3.16. The highest BCUT2D eigenvalue weighted by Crippen LogP contribution is 2.43. The number of nitrogens with one attached hydrogen (secondary N) is 2. The standard InChI is InChI=1S/C21H25N5O3/c1-3-14-12-15(24-23-14)13-22-18(27)9-11-25-20(29)16-6-4-5-7-17(16)26-19(28)8-10-21(25,26)2/h4-7,12H,3,8-11,13H2,1-2H3,(H,22,27)(H,23,24). The smallest absolute Gasteiger partial charge is 0.257 e. The Bertz CT molecular complexity index is 969. The maximum atomic E-state index is 13.1. The molecule has 2 aliphatic heterocycles. The van der Waals surface area contributed by atoms with Gasteiger partial charge in [-0.25, -0.2) is 0 Å². The van der Waals surface area contributed by atoms with Gasteiger partial charge in [0.25, 0.3) is 5.91 Å².